The number of fused-ring (bicyclic) bond motifs is 1. The highest BCUT2D eigenvalue weighted by atomic mass is 32.2. The summed E-state index contributed by atoms with van der Waals surface area (Å²) in [6.07, 6.45) is 1.80. The zero-order valence-electron chi connectivity index (χ0n) is 20.0. The average Bonchev–Trinajstić information content (AvgIpc) is 3.45. The first kappa shape index (κ1) is 24.8. The van der Waals surface area contributed by atoms with Crippen molar-refractivity contribution in [2.75, 3.05) is 32.6 Å². The van der Waals surface area contributed by atoms with Gasteiger partial charge < -0.3 is 14.5 Å². The molecule has 0 radical (unpaired) electrons. The summed E-state index contributed by atoms with van der Waals surface area (Å²) in [5, 5.41) is 7.01. The van der Waals surface area contributed by atoms with Crippen LogP contribution in [0.25, 0.3) is 10.3 Å². The molecule has 1 aliphatic heterocycles. The Kier molecular flexibility index (Phi) is 7.02. The van der Waals surface area contributed by atoms with E-state index in [9.17, 15) is 13.2 Å². The summed E-state index contributed by atoms with van der Waals surface area (Å²) in [6.45, 7) is 1.67. The van der Waals surface area contributed by atoms with Gasteiger partial charge in [0.15, 0.2) is 26.8 Å². The van der Waals surface area contributed by atoms with E-state index in [0.29, 0.717) is 55.2 Å². The van der Waals surface area contributed by atoms with Crippen molar-refractivity contribution in [1.29, 1.82) is 0 Å². The van der Waals surface area contributed by atoms with Crippen LogP contribution in [0.5, 0.6) is 0 Å². The molecule has 1 aromatic carbocycles. The number of amides is 1. The summed E-state index contributed by atoms with van der Waals surface area (Å²) in [5.74, 6) is -0.515. The van der Waals surface area contributed by atoms with Gasteiger partial charge in [0.1, 0.15) is 10.3 Å². The van der Waals surface area contributed by atoms with Gasteiger partial charge in [-0.05, 0) is 51.2 Å². The number of carbonyl (C=O) groups excluding carboxylic acids is 1. The fourth-order valence-corrected chi connectivity index (χ4v) is 6.31. The lowest BCUT2D eigenvalue weighted by atomic mass is 10.1. The third-order valence-electron chi connectivity index (χ3n) is 5.83. The minimum Gasteiger partial charge on any atom is -0.389 e. The number of thiazole rings is 1. The predicted molar refractivity (Wildman–Crippen MR) is 137 cm³/mol. The lowest BCUT2D eigenvalue weighted by Crippen LogP contribution is -2.25. The number of hydrogen-bond acceptors (Lipinski definition) is 10. The monoisotopic (exact) mass is 529 g/mol. The van der Waals surface area contributed by atoms with Crippen molar-refractivity contribution >= 4 is 48.3 Å². The number of oxime groups is 1. The number of ether oxygens (including phenoxy) is 1. The minimum atomic E-state index is -3.33. The van der Waals surface area contributed by atoms with Gasteiger partial charge in [0.05, 0.1) is 29.1 Å². The zero-order chi connectivity index (χ0) is 25.3. The van der Waals surface area contributed by atoms with E-state index in [2.05, 4.69) is 20.4 Å². The lowest BCUT2D eigenvalue weighted by molar-refractivity contribution is -0.110. The fraction of sp³-hybridized carbons (Fsp3) is 0.417. The van der Waals surface area contributed by atoms with Crippen LogP contribution in [0.1, 0.15) is 30.5 Å². The van der Waals surface area contributed by atoms with E-state index < -0.39 is 15.7 Å². The number of benzene rings is 1. The first-order valence-corrected chi connectivity index (χ1v) is 14.0. The molecule has 1 aliphatic carbocycles. The van der Waals surface area contributed by atoms with Crippen molar-refractivity contribution in [3.63, 3.8) is 0 Å². The Morgan fingerprint density at radius 3 is 2.61 bits per heavy atom. The van der Waals surface area contributed by atoms with Crippen molar-refractivity contribution in [3.8, 4) is 0 Å². The molecule has 10 nitrogen and oxygen atoms in total. The molecule has 1 amide bonds. The summed E-state index contributed by atoms with van der Waals surface area (Å²) in [5.41, 5.74) is 2.06. The number of anilines is 1. The van der Waals surface area contributed by atoms with Gasteiger partial charge in [0.25, 0.3) is 5.91 Å². The molecule has 2 aliphatic rings. The first-order valence-electron chi connectivity index (χ1n) is 11.7. The molecule has 1 atom stereocenters. The van der Waals surface area contributed by atoms with Crippen molar-refractivity contribution < 1.29 is 22.8 Å². The van der Waals surface area contributed by atoms with Gasteiger partial charge in [-0.2, -0.15) is 0 Å². The van der Waals surface area contributed by atoms with Gasteiger partial charge >= 0.3 is 0 Å². The molecule has 0 spiro atoms. The number of carbonyl (C=O) groups is 1. The van der Waals surface area contributed by atoms with Crippen LogP contribution >= 0.6 is 11.3 Å². The standard InChI is InChI=1S/C24H27N5O5S2/c1-29(2)13-16-5-10-20-23(25-16)35-24(26-20)27-22(30)21(28-34-17-11-12-33-14-17)15-3-6-18(7-4-15)36(31,32)19-8-9-19/h3-7,10,17,19H,8-9,11-14H2,1-2H3,(H,26,27,30)/t17-/m1/s1. The van der Waals surface area contributed by atoms with Crippen molar-refractivity contribution in [2.24, 2.45) is 5.16 Å². The highest BCUT2D eigenvalue weighted by Crippen LogP contribution is 2.33. The molecule has 3 heterocycles. The maximum atomic E-state index is 13.3. The van der Waals surface area contributed by atoms with Crippen molar-refractivity contribution in [2.45, 2.75) is 42.1 Å². The lowest BCUT2D eigenvalue weighted by Gasteiger charge is -2.10. The van der Waals surface area contributed by atoms with Crippen molar-refractivity contribution in [3.05, 3.63) is 47.7 Å². The predicted octanol–water partition coefficient (Wildman–Crippen LogP) is 2.84. The van der Waals surface area contributed by atoms with E-state index in [1.165, 1.54) is 23.5 Å². The van der Waals surface area contributed by atoms with Gasteiger partial charge in [-0.15, -0.1) is 0 Å². The van der Waals surface area contributed by atoms with E-state index in [1.54, 1.807) is 12.1 Å². The van der Waals surface area contributed by atoms with Crippen LogP contribution in [0.3, 0.4) is 0 Å². The molecule has 12 heteroatoms. The van der Waals surface area contributed by atoms with E-state index in [0.717, 1.165) is 10.5 Å². The van der Waals surface area contributed by atoms with Gasteiger partial charge in [-0.3, -0.25) is 10.1 Å². The smallest absolute Gasteiger partial charge is 0.280 e. The second-order valence-corrected chi connectivity index (χ2v) is 12.3. The van der Waals surface area contributed by atoms with Gasteiger partial charge in [0, 0.05) is 18.5 Å². The molecule has 0 bridgehead atoms. The summed E-state index contributed by atoms with van der Waals surface area (Å²) < 4.78 is 30.4. The summed E-state index contributed by atoms with van der Waals surface area (Å²) in [7, 11) is 0.607. The Morgan fingerprint density at radius 2 is 1.94 bits per heavy atom. The molecule has 3 aromatic rings. The highest BCUT2D eigenvalue weighted by molar-refractivity contribution is 7.92. The number of nitrogens with one attached hydrogen (secondary N) is 1. The number of sulfone groups is 1. The first-order chi connectivity index (χ1) is 17.3. The summed E-state index contributed by atoms with van der Waals surface area (Å²) >= 11 is 1.27. The maximum Gasteiger partial charge on any atom is 0.280 e. The van der Waals surface area contributed by atoms with Crippen LogP contribution in [0.15, 0.2) is 46.4 Å². The number of rotatable bonds is 9. The molecule has 0 unspecified atom stereocenters. The third kappa shape index (κ3) is 5.56. The van der Waals surface area contributed by atoms with E-state index >= 15 is 0 Å². The minimum absolute atomic E-state index is 0.0257. The Balaban J connectivity index is 1.39. The van der Waals surface area contributed by atoms with Crippen LogP contribution in [0.4, 0.5) is 5.13 Å². The topological polar surface area (TPSA) is 123 Å². The molecule has 5 rings (SSSR count). The van der Waals surface area contributed by atoms with Crippen LogP contribution in [0, 0.1) is 0 Å². The molecule has 36 heavy (non-hydrogen) atoms. The second-order valence-electron chi connectivity index (χ2n) is 9.14. The third-order valence-corrected chi connectivity index (χ3v) is 8.99. The van der Waals surface area contributed by atoms with Crippen LogP contribution in [-0.4, -0.2) is 73.6 Å². The number of pyridine rings is 1. The molecular formula is C24H27N5O5S2. The van der Waals surface area contributed by atoms with Crippen LogP contribution in [0.2, 0.25) is 0 Å². The quantitative estimate of drug-likeness (QED) is 0.332. The average molecular weight is 530 g/mol. The summed E-state index contributed by atoms with van der Waals surface area (Å²) in [4.78, 5) is 30.9. The fourth-order valence-electron chi connectivity index (χ4n) is 3.80. The zero-order valence-corrected chi connectivity index (χ0v) is 21.6. The van der Waals surface area contributed by atoms with Gasteiger partial charge in [-0.1, -0.05) is 28.6 Å². The van der Waals surface area contributed by atoms with Gasteiger partial charge in [-0.25, -0.2) is 18.4 Å². The van der Waals surface area contributed by atoms with Crippen LogP contribution < -0.4 is 5.32 Å². The van der Waals surface area contributed by atoms with Gasteiger partial charge in [0.2, 0.25) is 0 Å². The molecule has 2 aromatic heterocycles. The molecule has 2 fully saturated rings. The molecule has 1 saturated heterocycles. The molecule has 1 saturated carbocycles. The van der Waals surface area contributed by atoms with E-state index in [4.69, 9.17) is 9.57 Å². The molecular weight excluding hydrogens is 502 g/mol. The number of aromatic nitrogens is 2. The van der Waals surface area contributed by atoms with Crippen molar-refractivity contribution in [1.82, 2.24) is 14.9 Å². The Labute approximate surface area is 213 Å². The number of hydrogen-bond donors (Lipinski definition) is 1. The Bertz CT molecular complexity index is 1390. The Morgan fingerprint density at radius 1 is 1.17 bits per heavy atom. The number of nitrogens with zero attached hydrogens (tertiary/aromatic N) is 4. The van der Waals surface area contributed by atoms with E-state index in [1.807, 2.05) is 31.1 Å². The summed E-state index contributed by atoms with van der Waals surface area (Å²) in [6, 6.07) is 9.97. The Hall–Kier alpha value is -2.93. The highest BCUT2D eigenvalue weighted by Gasteiger charge is 2.36. The molecule has 190 valence electrons. The second kappa shape index (κ2) is 10.2. The SMILES string of the molecule is CN(C)Cc1ccc2nc(NC(=O)C(=NO[C@@H]3CCOC3)c3ccc(S(=O)(=O)C4CC4)cc3)sc2n1. The maximum absolute atomic E-state index is 13.3. The van der Waals surface area contributed by atoms with Crippen LogP contribution in [-0.2, 0) is 30.8 Å². The normalized spacial score (nSPS) is 18.6. The molecule has 1 N–H and O–H groups in total. The largest absolute Gasteiger partial charge is 0.389 e. The van der Waals surface area contributed by atoms with E-state index in [-0.39, 0.29) is 22.0 Å².